The van der Waals surface area contributed by atoms with E-state index in [2.05, 4.69) is 12.2 Å². The van der Waals surface area contributed by atoms with Gasteiger partial charge in [-0.25, -0.2) is 0 Å². The number of nitrogens with zero attached hydrogens (tertiary/aromatic N) is 1. The van der Waals surface area contributed by atoms with Gasteiger partial charge in [0.15, 0.2) is 0 Å². The van der Waals surface area contributed by atoms with Crippen molar-refractivity contribution < 1.29 is 14.3 Å². The van der Waals surface area contributed by atoms with Gasteiger partial charge < -0.3 is 15.0 Å². The van der Waals surface area contributed by atoms with Crippen molar-refractivity contribution in [1.82, 2.24) is 10.2 Å². The van der Waals surface area contributed by atoms with E-state index >= 15 is 0 Å². The molecule has 6 fully saturated rings. The highest BCUT2D eigenvalue weighted by atomic mass is 16.5. The number of methoxy groups -OCH3 is 1. The third-order valence-corrected chi connectivity index (χ3v) is 5.25. The van der Waals surface area contributed by atoms with Gasteiger partial charge in [0.1, 0.15) is 0 Å². The molecule has 5 aliphatic heterocycles. The zero-order valence-corrected chi connectivity index (χ0v) is 12.3. The molecular weight excluding hydrogens is 256 g/mol. The number of hydrogen-bond donors (Lipinski definition) is 1. The molecule has 5 heteroatoms. The van der Waals surface area contributed by atoms with Crippen LogP contribution in [0.1, 0.15) is 39.0 Å². The molecule has 6 rings (SSSR count). The number of carbonyl (C=O) groups is 2. The minimum absolute atomic E-state index is 0.0245. The van der Waals surface area contributed by atoms with Crippen LogP contribution in [0.2, 0.25) is 0 Å². The predicted molar refractivity (Wildman–Crippen MR) is 74.0 cm³/mol. The largest absolute Gasteiger partial charge is 0.380 e. The summed E-state index contributed by atoms with van der Waals surface area (Å²) in [6.45, 7) is 2.91. The lowest BCUT2D eigenvalue weighted by atomic mass is 9.70. The predicted octanol–water partition coefficient (Wildman–Crippen LogP) is 0.927. The number of rotatable bonds is 4. The lowest BCUT2D eigenvalue weighted by Gasteiger charge is -2.52. The van der Waals surface area contributed by atoms with Gasteiger partial charge in [-0.3, -0.25) is 9.59 Å². The van der Waals surface area contributed by atoms with Gasteiger partial charge in [-0.15, -0.1) is 0 Å². The zero-order chi connectivity index (χ0) is 14.3. The Morgan fingerprint density at radius 3 is 2.85 bits per heavy atom. The summed E-state index contributed by atoms with van der Waals surface area (Å²) in [5.74, 6) is 0.0836. The van der Waals surface area contributed by atoms with E-state index in [-0.39, 0.29) is 41.8 Å². The molecule has 0 aromatic heterocycles. The standard InChI is InChI=1S/C15H24N2O3/c1-3-4-7-17-11-6-5-9(15(17)19)10-8-12(20-2)13(11)14(18)16-10/h9-13H,3-8H2,1-2H3,(H,16,18)/t9-,10-,11+,12-,13-/m1/s1. The number of nitrogens with one attached hydrogen (secondary N) is 1. The van der Waals surface area contributed by atoms with Crippen molar-refractivity contribution in [3.63, 3.8) is 0 Å². The lowest BCUT2D eigenvalue weighted by Crippen LogP contribution is -2.68. The molecule has 0 radical (unpaired) electrons. The van der Waals surface area contributed by atoms with Gasteiger partial charge in [0.2, 0.25) is 11.8 Å². The number of hydrogen-bond acceptors (Lipinski definition) is 3. The minimum atomic E-state index is -0.196. The molecule has 1 aliphatic carbocycles. The van der Waals surface area contributed by atoms with E-state index in [1.807, 2.05) is 4.90 Å². The van der Waals surface area contributed by atoms with E-state index in [9.17, 15) is 9.59 Å². The second-order valence-corrected chi connectivity index (χ2v) is 6.29. The molecule has 0 aromatic rings. The number of amides is 2. The average molecular weight is 280 g/mol. The third kappa shape index (κ3) is 2.03. The first-order chi connectivity index (χ1) is 9.67. The number of piperidine rings is 2. The Morgan fingerprint density at radius 2 is 2.15 bits per heavy atom. The Labute approximate surface area is 120 Å². The molecule has 20 heavy (non-hydrogen) atoms. The molecule has 5 atom stereocenters. The summed E-state index contributed by atoms with van der Waals surface area (Å²) < 4.78 is 5.57. The van der Waals surface area contributed by atoms with Gasteiger partial charge in [0.25, 0.3) is 0 Å². The Balaban J connectivity index is 1.93. The van der Waals surface area contributed by atoms with Crippen LogP contribution in [0.15, 0.2) is 0 Å². The summed E-state index contributed by atoms with van der Waals surface area (Å²) in [5, 5.41) is 3.05. The van der Waals surface area contributed by atoms with Crippen LogP contribution in [0, 0.1) is 11.8 Å². The number of carbonyl (C=O) groups excluding carboxylic acids is 2. The monoisotopic (exact) mass is 280 g/mol. The normalized spacial score (nSPS) is 39.7. The summed E-state index contributed by atoms with van der Waals surface area (Å²) in [7, 11) is 1.68. The molecule has 6 aliphatic rings. The Bertz CT molecular complexity index is 412. The Morgan fingerprint density at radius 1 is 1.35 bits per heavy atom. The topological polar surface area (TPSA) is 58.6 Å². The van der Waals surface area contributed by atoms with E-state index in [4.69, 9.17) is 4.74 Å². The fourth-order valence-electron chi connectivity index (χ4n) is 4.19. The van der Waals surface area contributed by atoms with E-state index < -0.39 is 0 Å². The van der Waals surface area contributed by atoms with Gasteiger partial charge in [-0.05, 0) is 25.7 Å². The molecule has 4 bridgehead atoms. The van der Waals surface area contributed by atoms with Crippen LogP contribution in [0.3, 0.4) is 0 Å². The first kappa shape index (κ1) is 13.9. The molecule has 0 unspecified atom stereocenters. The Kier molecular flexibility index (Phi) is 3.71. The van der Waals surface area contributed by atoms with Crippen molar-refractivity contribution in [3.8, 4) is 0 Å². The molecule has 5 saturated heterocycles. The molecule has 0 spiro atoms. The highest BCUT2D eigenvalue weighted by molar-refractivity contribution is 5.88. The minimum Gasteiger partial charge on any atom is -0.380 e. The molecule has 0 aromatic carbocycles. The van der Waals surface area contributed by atoms with Crippen molar-refractivity contribution in [3.05, 3.63) is 0 Å². The van der Waals surface area contributed by atoms with Crippen molar-refractivity contribution in [2.45, 2.75) is 57.2 Å². The summed E-state index contributed by atoms with van der Waals surface area (Å²) in [6, 6.07) is -0.0157. The zero-order valence-electron chi connectivity index (χ0n) is 12.3. The van der Waals surface area contributed by atoms with Crippen LogP contribution in [0.5, 0.6) is 0 Å². The van der Waals surface area contributed by atoms with Crippen LogP contribution in [-0.2, 0) is 14.3 Å². The second-order valence-electron chi connectivity index (χ2n) is 6.29. The van der Waals surface area contributed by atoms with Gasteiger partial charge in [-0.1, -0.05) is 13.3 Å². The molecular formula is C15H24N2O3. The van der Waals surface area contributed by atoms with Crippen molar-refractivity contribution in [2.24, 2.45) is 11.8 Å². The molecule has 1 N–H and O–H groups in total. The summed E-state index contributed by atoms with van der Waals surface area (Å²) in [5.41, 5.74) is 0. The average Bonchev–Trinajstić information content (AvgIpc) is 2.42. The van der Waals surface area contributed by atoms with Crippen LogP contribution >= 0.6 is 0 Å². The molecule has 5 heterocycles. The summed E-state index contributed by atoms with van der Waals surface area (Å²) in [6.07, 6.45) is 4.65. The number of unbranched alkanes of at least 4 members (excludes halogenated alkanes) is 1. The first-order valence-electron chi connectivity index (χ1n) is 7.81. The number of ether oxygens (including phenoxy) is 1. The maximum atomic E-state index is 12.7. The van der Waals surface area contributed by atoms with Crippen molar-refractivity contribution in [1.29, 1.82) is 0 Å². The third-order valence-electron chi connectivity index (χ3n) is 5.25. The van der Waals surface area contributed by atoms with Crippen LogP contribution in [-0.4, -0.2) is 48.6 Å². The maximum Gasteiger partial charge on any atom is 0.228 e. The quantitative estimate of drug-likeness (QED) is 0.833. The van der Waals surface area contributed by atoms with Crippen LogP contribution < -0.4 is 5.32 Å². The lowest BCUT2D eigenvalue weighted by molar-refractivity contribution is -0.163. The first-order valence-corrected chi connectivity index (χ1v) is 7.81. The van der Waals surface area contributed by atoms with Crippen molar-refractivity contribution >= 4 is 11.8 Å². The van der Waals surface area contributed by atoms with E-state index in [0.29, 0.717) is 0 Å². The van der Waals surface area contributed by atoms with Gasteiger partial charge in [0.05, 0.1) is 17.9 Å². The van der Waals surface area contributed by atoms with Gasteiger partial charge >= 0.3 is 0 Å². The highest BCUT2D eigenvalue weighted by Gasteiger charge is 2.54. The van der Waals surface area contributed by atoms with Gasteiger partial charge in [-0.2, -0.15) is 0 Å². The summed E-state index contributed by atoms with van der Waals surface area (Å²) in [4.78, 5) is 27.1. The van der Waals surface area contributed by atoms with E-state index in [0.717, 1.165) is 38.6 Å². The molecule has 1 saturated carbocycles. The fraction of sp³-hybridized carbons (Fsp3) is 0.867. The SMILES string of the molecule is CCCCN1C(=O)[C@@H]2CC[C@H]1[C@H]1C(=O)N[C@@H]2C[C@H]1OC. The molecule has 2 amide bonds. The van der Waals surface area contributed by atoms with Crippen molar-refractivity contribution in [2.75, 3.05) is 13.7 Å². The smallest absolute Gasteiger partial charge is 0.228 e. The Hall–Kier alpha value is -1.10. The highest BCUT2D eigenvalue weighted by Crippen LogP contribution is 2.40. The second kappa shape index (κ2) is 5.35. The van der Waals surface area contributed by atoms with Crippen LogP contribution in [0.25, 0.3) is 0 Å². The van der Waals surface area contributed by atoms with Crippen LogP contribution in [0.4, 0.5) is 0 Å². The summed E-state index contributed by atoms with van der Waals surface area (Å²) >= 11 is 0. The maximum absolute atomic E-state index is 12.7. The van der Waals surface area contributed by atoms with E-state index in [1.54, 1.807) is 7.11 Å². The van der Waals surface area contributed by atoms with Gasteiger partial charge in [0, 0.05) is 25.7 Å². The molecule has 5 nitrogen and oxygen atoms in total. The van der Waals surface area contributed by atoms with E-state index in [1.165, 1.54) is 0 Å². The molecule has 112 valence electrons. The fourth-order valence-corrected chi connectivity index (χ4v) is 4.19.